The van der Waals surface area contributed by atoms with Crippen molar-refractivity contribution in [2.24, 2.45) is 11.8 Å². The van der Waals surface area contributed by atoms with Crippen LogP contribution in [0.25, 0.3) is 0 Å². The fourth-order valence-electron chi connectivity index (χ4n) is 2.18. The summed E-state index contributed by atoms with van der Waals surface area (Å²) in [6.07, 6.45) is 7.15. The number of carboxylic acids is 1. The van der Waals surface area contributed by atoms with Gasteiger partial charge in [0.05, 0.1) is 0 Å². The van der Waals surface area contributed by atoms with E-state index >= 15 is 0 Å². The van der Waals surface area contributed by atoms with E-state index in [0.29, 0.717) is 12.8 Å². The molecule has 0 aromatic carbocycles. The molecule has 1 saturated carbocycles. The molecular formula is C12H18O3. The van der Waals surface area contributed by atoms with E-state index in [1.807, 2.05) is 19.1 Å². The van der Waals surface area contributed by atoms with Crippen LogP contribution in [0.3, 0.4) is 0 Å². The Morgan fingerprint density at radius 1 is 1.53 bits per heavy atom. The van der Waals surface area contributed by atoms with E-state index in [0.717, 1.165) is 12.8 Å². The van der Waals surface area contributed by atoms with Gasteiger partial charge in [0, 0.05) is 18.8 Å². The van der Waals surface area contributed by atoms with Crippen LogP contribution in [0.4, 0.5) is 0 Å². The van der Waals surface area contributed by atoms with Gasteiger partial charge in [-0.1, -0.05) is 19.1 Å². The van der Waals surface area contributed by atoms with Gasteiger partial charge in [0.1, 0.15) is 5.78 Å². The maximum Gasteiger partial charge on any atom is 0.303 e. The van der Waals surface area contributed by atoms with Gasteiger partial charge in [-0.15, -0.1) is 0 Å². The number of hydrogen-bond acceptors (Lipinski definition) is 2. The Hall–Kier alpha value is -1.12. The topological polar surface area (TPSA) is 54.4 Å². The van der Waals surface area contributed by atoms with Gasteiger partial charge < -0.3 is 5.11 Å². The quantitative estimate of drug-likeness (QED) is 0.709. The summed E-state index contributed by atoms with van der Waals surface area (Å²) in [5.41, 5.74) is 0. The molecule has 1 rings (SSSR count). The van der Waals surface area contributed by atoms with Gasteiger partial charge in [-0.3, -0.25) is 9.59 Å². The van der Waals surface area contributed by atoms with E-state index in [9.17, 15) is 9.59 Å². The van der Waals surface area contributed by atoms with E-state index in [1.54, 1.807) is 0 Å². The first-order valence-corrected chi connectivity index (χ1v) is 5.54. The zero-order valence-electron chi connectivity index (χ0n) is 9.11. The van der Waals surface area contributed by atoms with Gasteiger partial charge in [-0.2, -0.15) is 0 Å². The third kappa shape index (κ3) is 3.50. The van der Waals surface area contributed by atoms with Crippen LogP contribution in [0.15, 0.2) is 12.2 Å². The lowest BCUT2D eigenvalue weighted by molar-refractivity contribution is -0.138. The number of ketones is 1. The standard InChI is InChI=1S/C12H18O3/c1-2-3-4-5-10-9(8-12(14)15)6-7-11(10)13/h3-4,9-10H,2,5-8H2,1H3,(H,14,15)/b4-3+/t9-,10-/m0/s1. The molecule has 0 bridgehead atoms. The third-order valence-corrected chi connectivity index (χ3v) is 2.97. The van der Waals surface area contributed by atoms with Crippen LogP contribution >= 0.6 is 0 Å². The monoisotopic (exact) mass is 210 g/mol. The molecule has 0 spiro atoms. The SMILES string of the molecule is CC/C=C/C[C@@H]1C(=O)CC[C@H]1CC(=O)O. The largest absolute Gasteiger partial charge is 0.481 e. The molecule has 0 saturated heterocycles. The fourth-order valence-corrected chi connectivity index (χ4v) is 2.18. The van der Waals surface area contributed by atoms with Gasteiger partial charge in [0.2, 0.25) is 0 Å². The molecule has 0 aliphatic heterocycles. The van der Waals surface area contributed by atoms with Gasteiger partial charge in [-0.05, 0) is 25.2 Å². The Bertz CT molecular complexity index is 268. The number of carboxylic acid groups (broad SMARTS) is 1. The van der Waals surface area contributed by atoms with Crippen LogP contribution in [0.1, 0.15) is 39.0 Å². The maximum absolute atomic E-state index is 11.5. The van der Waals surface area contributed by atoms with E-state index in [-0.39, 0.29) is 24.0 Å². The summed E-state index contributed by atoms with van der Waals surface area (Å²) in [6, 6.07) is 0. The summed E-state index contributed by atoms with van der Waals surface area (Å²) in [4.78, 5) is 22.1. The van der Waals surface area contributed by atoms with Crippen molar-refractivity contribution >= 4 is 11.8 Å². The van der Waals surface area contributed by atoms with Crippen molar-refractivity contribution in [2.75, 3.05) is 0 Å². The van der Waals surface area contributed by atoms with Crippen molar-refractivity contribution in [1.29, 1.82) is 0 Å². The molecule has 15 heavy (non-hydrogen) atoms. The molecule has 1 aliphatic carbocycles. The smallest absolute Gasteiger partial charge is 0.303 e. The van der Waals surface area contributed by atoms with E-state index in [4.69, 9.17) is 5.11 Å². The molecule has 1 aliphatic rings. The number of carbonyl (C=O) groups excluding carboxylic acids is 1. The summed E-state index contributed by atoms with van der Waals surface area (Å²) >= 11 is 0. The average molecular weight is 210 g/mol. The van der Waals surface area contributed by atoms with Crippen LogP contribution in [0.2, 0.25) is 0 Å². The van der Waals surface area contributed by atoms with Crippen LogP contribution in [-0.4, -0.2) is 16.9 Å². The molecule has 2 atom stereocenters. The van der Waals surface area contributed by atoms with E-state index in [1.165, 1.54) is 0 Å². The summed E-state index contributed by atoms with van der Waals surface area (Å²) in [6.45, 7) is 2.04. The number of allylic oxidation sites excluding steroid dienone is 2. The second kappa shape index (κ2) is 5.69. The Balaban J connectivity index is 2.52. The first-order chi connectivity index (χ1) is 7.15. The lowest BCUT2D eigenvalue weighted by Gasteiger charge is -2.14. The summed E-state index contributed by atoms with van der Waals surface area (Å²) in [5, 5.41) is 8.72. The van der Waals surface area contributed by atoms with Crippen molar-refractivity contribution in [3.63, 3.8) is 0 Å². The maximum atomic E-state index is 11.5. The molecule has 0 heterocycles. The lowest BCUT2D eigenvalue weighted by Crippen LogP contribution is -2.17. The van der Waals surface area contributed by atoms with Crippen molar-refractivity contribution in [2.45, 2.75) is 39.0 Å². The second-order valence-electron chi connectivity index (χ2n) is 4.08. The summed E-state index contributed by atoms with van der Waals surface area (Å²) in [5.74, 6) is -0.554. The number of rotatable bonds is 5. The molecule has 0 radical (unpaired) electrons. The molecule has 0 aromatic heterocycles. The van der Waals surface area contributed by atoms with Crippen molar-refractivity contribution in [3.8, 4) is 0 Å². The molecule has 3 heteroatoms. The highest BCUT2D eigenvalue weighted by atomic mass is 16.4. The molecule has 0 amide bonds. The van der Waals surface area contributed by atoms with Crippen LogP contribution in [-0.2, 0) is 9.59 Å². The Morgan fingerprint density at radius 2 is 2.27 bits per heavy atom. The van der Waals surface area contributed by atoms with Gasteiger partial charge in [0.25, 0.3) is 0 Å². The first-order valence-electron chi connectivity index (χ1n) is 5.54. The van der Waals surface area contributed by atoms with Crippen molar-refractivity contribution < 1.29 is 14.7 Å². The Labute approximate surface area is 90.2 Å². The highest BCUT2D eigenvalue weighted by Gasteiger charge is 2.34. The zero-order valence-corrected chi connectivity index (χ0v) is 9.11. The minimum atomic E-state index is -0.792. The predicted octanol–water partition coefficient (Wildman–Crippen LogP) is 2.41. The van der Waals surface area contributed by atoms with Crippen molar-refractivity contribution in [3.05, 3.63) is 12.2 Å². The highest BCUT2D eigenvalue weighted by Crippen LogP contribution is 2.33. The normalized spacial score (nSPS) is 26.3. The minimum absolute atomic E-state index is 0.0519. The summed E-state index contributed by atoms with van der Waals surface area (Å²) in [7, 11) is 0. The highest BCUT2D eigenvalue weighted by molar-refractivity contribution is 5.84. The number of Topliss-reactive ketones (excluding diaryl/α,β-unsaturated/α-hetero) is 1. The van der Waals surface area contributed by atoms with Crippen LogP contribution in [0.5, 0.6) is 0 Å². The zero-order chi connectivity index (χ0) is 11.3. The molecule has 1 N–H and O–H groups in total. The Morgan fingerprint density at radius 3 is 2.87 bits per heavy atom. The third-order valence-electron chi connectivity index (χ3n) is 2.97. The van der Waals surface area contributed by atoms with Gasteiger partial charge in [-0.25, -0.2) is 0 Å². The Kier molecular flexibility index (Phi) is 4.53. The molecule has 3 nitrogen and oxygen atoms in total. The molecular weight excluding hydrogens is 192 g/mol. The first kappa shape index (κ1) is 12.0. The second-order valence-corrected chi connectivity index (χ2v) is 4.08. The van der Waals surface area contributed by atoms with Crippen LogP contribution < -0.4 is 0 Å². The van der Waals surface area contributed by atoms with Crippen LogP contribution in [0, 0.1) is 11.8 Å². The van der Waals surface area contributed by atoms with Gasteiger partial charge in [0.15, 0.2) is 0 Å². The van der Waals surface area contributed by atoms with Crippen molar-refractivity contribution in [1.82, 2.24) is 0 Å². The fraction of sp³-hybridized carbons (Fsp3) is 0.667. The lowest BCUT2D eigenvalue weighted by atomic mass is 9.89. The molecule has 0 aromatic rings. The number of hydrogen-bond donors (Lipinski definition) is 1. The number of carbonyl (C=O) groups is 2. The predicted molar refractivity (Wildman–Crippen MR) is 57.5 cm³/mol. The number of aliphatic carboxylic acids is 1. The summed E-state index contributed by atoms with van der Waals surface area (Å²) < 4.78 is 0. The van der Waals surface area contributed by atoms with E-state index < -0.39 is 5.97 Å². The minimum Gasteiger partial charge on any atom is -0.481 e. The average Bonchev–Trinajstić information content (AvgIpc) is 2.49. The molecule has 1 fully saturated rings. The molecule has 0 unspecified atom stereocenters. The van der Waals surface area contributed by atoms with E-state index in [2.05, 4.69) is 0 Å². The van der Waals surface area contributed by atoms with Gasteiger partial charge >= 0.3 is 5.97 Å². The molecule has 84 valence electrons.